The predicted octanol–water partition coefficient (Wildman–Crippen LogP) is 3.09. The highest BCUT2D eigenvalue weighted by atomic mass is 35.5. The maximum Gasteiger partial charge on any atom is 0.418 e. The Bertz CT molecular complexity index is 1170. The fourth-order valence-corrected chi connectivity index (χ4v) is 6.97. The van der Waals surface area contributed by atoms with Gasteiger partial charge in [0.05, 0.1) is 40.5 Å². The standard InChI is InChI=1S/C20H19ClF5NO6S/c1-8-19(18(29)30,9-6-34(31,32)7-9)16(14(17(28)33-2)12(5-22)27-8)13-11(23)4-3-10(21)15(13)20(24,25)26/h3-4,8-9,16,27H,5-7H2,1-2H3,(H,29,30). The zero-order chi connectivity index (χ0) is 25.8. The second-order valence-corrected chi connectivity index (χ2v) is 10.7. The number of halogens is 6. The summed E-state index contributed by atoms with van der Waals surface area (Å²) in [5, 5.41) is 11.8. The van der Waals surface area contributed by atoms with Crippen molar-refractivity contribution in [3.63, 3.8) is 0 Å². The van der Waals surface area contributed by atoms with Gasteiger partial charge in [-0.3, -0.25) is 4.79 Å². The number of carbonyl (C=O) groups excluding carboxylic acids is 1. The van der Waals surface area contributed by atoms with Crippen LogP contribution in [0.3, 0.4) is 0 Å². The Morgan fingerprint density at radius 1 is 1.29 bits per heavy atom. The lowest BCUT2D eigenvalue weighted by Crippen LogP contribution is -2.65. The first kappa shape index (κ1) is 26.2. The number of benzene rings is 1. The van der Waals surface area contributed by atoms with Gasteiger partial charge in [0, 0.05) is 23.4 Å². The molecular formula is C20H19ClF5NO6S. The first-order valence-corrected chi connectivity index (χ1v) is 12.0. The lowest BCUT2D eigenvalue weighted by molar-refractivity contribution is -0.158. The van der Waals surface area contributed by atoms with Crippen LogP contribution in [-0.4, -0.2) is 56.8 Å². The SMILES string of the molecule is COC(=O)C1=C(CF)NC(C)C(C(=O)O)(C2CS(=O)(=O)C2)C1c1c(F)ccc(Cl)c1C(F)(F)F. The number of esters is 1. The minimum atomic E-state index is -5.31. The number of allylic oxidation sites excluding steroid dienone is 1. The summed E-state index contributed by atoms with van der Waals surface area (Å²) in [5.74, 6) is -9.88. The molecule has 2 aliphatic rings. The number of rotatable bonds is 5. The quantitative estimate of drug-likeness (QED) is 0.444. The summed E-state index contributed by atoms with van der Waals surface area (Å²) in [6.45, 7) is -0.265. The molecule has 188 valence electrons. The van der Waals surface area contributed by atoms with Crippen molar-refractivity contribution in [2.45, 2.75) is 25.1 Å². The largest absolute Gasteiger partial charge is 0.481 e. The van der Waals surface area contributed by atoms with Gasteiger partial charge in [0.1, 0.15) is 17.9 Å². The summed E-state index contributed by atoms with van der Waals surface area (Å²) in [4.78, 5) is 25.5. The fraction of sp³-hybridized carbons (Fsp3) is 0.500. The van der Waals surface area contributed by atoms with Gasteiger partial charge in [-0.2, -0.15) is 13.2 Å². The molecule has 2 heterocycles. The number of aliphatic carboxylic acids is 1. The number of hydrogen-bond acceptors (Lipinski definition) is 6. The molecule has 3 rings (SSSR count). The molecule has 1 saturated heterocycles. The fourth-order valence-electron chi connectivity index (χ4n) is 5.02. The van der Waals surface area contributed by atoms with Crippen LogP contribution in [0.1, 0.15) is 24.0 Å². The van der Waals surface area contributed by atoms with Crippen LogP contribution in [0.4, 0.5) is 22.0 Å². The van der Waals surface area contributed by atoms with Crippen molar-refractivity contribution in [2.24, 2.45) is 11.3 Å². The predicted molar refractivity (Wildman–Crippen MR) is 109 cm³/mol. The number of nitrogens with one attached hydrogen (secondary N) is 1. The molecule has 0 amide bonds. The third kappa shape index (κ3) is 3.92. The molecule has 0 saturated carbocycles. The third-order valence-corrected chi connectivity index (χ3v) is 8.54. The summed E-state index contributed by atoms with van der Waals surface area (Å²) in [6, 6.07) is -0.246. The summed E-state index contributed by atoms with van der Waals surface area (Å²) < 4.78 is 99.9. The highest BCUT2D eigenvalue weighted by Crippen LogP contribution is 2.58. The second kappa shape index (κ2) is 8.67. The van der Waals surface area contributed by atoms with E-state index in [2.05, 4.69) is 10.1 Å². The van der Waals surface area contributed by atoms with E-state index < -0.39 is 103 Å². The first-order chi connectivity index (χ1) is 15.6. The maximum atomic E-state index is 15.2. The number of sulfone groups is 1. The van der Waals surface area contributed by atoms with Gasteiger partial charge >= 0.3 is 18.1 Å². The molecule has 1 fully saturated rings. The van der Waals surface area contributed by atoms with Gasteiger partial charge in [0.2, 0.25) is 0 Å². The van der Waals surface area contributed by atoms with E-state index in [0.29, 0.717) is 12.1 Å². The highest BCUT2D eigenvalue weighted by Gasteiger charge is 2.66. The number of ether oxygens (including phenoxy) is 1. The van der Waals surface area contributed by atoms with Crippen molar-refractivity contribution >= 4 is 33.4 Å². The van der Waals surface area contributed by atoms with E-state index in [1.165, 1.54) is 6.92 Å². The molecule has 7 nitrogen and oxygen atoms in total. The molecule has 0 spiro atoms. The topological polar surface area (TPSA) is 110 Å². The Morgan fingerprint density at radius 2 is 1.88 bits per heavy atom. The lowest BCUT2D eigenvalue weighted by Gasteiger charge is -2.53. The van der Waals surface area contributed by atoms with Gasteiger partial charge < -0.3 is 15.2 Å². The van der Waals surface area contributed by atoms with Crippen LogP contribution in [0.2, 0.25) is 5.02 Å². The Hall–Kier alpha value is -2.41. The van der Waals surface area contributed by atoms with Crippen molar-refractivity contribution in [2.75, 3.05) is 25.3 Å². The van der Waals surface area contributed by atoms with Crippen LogP contribution < -0.4 is 5.32 Å². The Labute approximate surface area is 195 Å². The minimum absolute atomic E-state index is 0.563. The van der Waals surface area contributed by atoms with E-state index in [0.717, 1.165) is 7.11 Å². The molecule has 0 bridgehead atoms. The second-order valence-electron chi connectivity index (χ2n) is 8.14. The summed E-state index contributed by atoms with van der Waals surface area (Å²) in [6.07, 6.45) is -5.31. The smallest absolute Gasteiger partial charge is 0.418 e. The molecule has 34 heavy (non-hydrogen) atoms. The average Bonchev–Trinajstić information content (AvgIpc) is 2.71. The van der Waals surface area contributed by atoms with Gasteiger partial charge in [-0.25, -0.2) is 22.0 Å². The first-order valence-electron chi connectivity index (χ1n) is 9.76. The number of carboxylic acid groups (broad SMARTS) is 1. The van der Waals surface area contributed by atoms with Crippen molar-refractivity contribution in [3.8, 4) is 0 Å². The molecule has 2 aliphatic heterocycles. The van der Waals surface area contributed by atoms with E-state index in [-0.39, 0.29) is 0 Å². The zero-order valence-electron chi connectivity index (χ0n) is 17.7. The van der Waals surface area contributed by atoms with E-state index >= 15 is 4.39 Å². The number of carboxylic acids is 1. The molecule has 1 aromatic rings. The van der Waals surface area contributed by atoms with Gasteiger partial charge in [0.15, 0.2) is 9.84 Å². The summed E-state index contributed by atoms with van der Waals surface area (Å²) in [7, 11) is -2.91. The van der Waals surface area contributed by atoms with Crippen LogP contribution in [0.15, 0.2) is 23.4 Å². The van der Waals surface area contributed by atoms with Gasteiger partial charge in [-0.1, -0.05) is 11.6 Å². The monoisotopic (exact) mass is 531 g/mol. The Kier molecular flexibility index (Phi) is 6.68. The number of alkyl halides is 4. The number of carbonyl (C=O) groups is 2. The van der Waals surface area contributed by atoms with Crippen LogP contribution in [0.25, 0.3) is 0 Å². The van der Waals surface area contributed by atoms with Crippen LogP contribution >= 0.6 is 11.6 Å². The molecule has 0 radical (unpaired) electrons. The van der Waals surface area contributed by atoms with Gasteiger partial charge in [0.25, 0.3) is 0 Å². The highest BCUT2D eigenvalue weighted by molar-refractivity contribution is 7.92. The third-order valence-electron chi connectivity index (χ3n) is 6.41. The van der Waals surface area contributed by atoms with Crippen LogP contribution in [0, 0.1) is 17.2 Å². The molecule has 3 atom stereocenters. The minimum Gasteiger partial charge on any atom is -0.481 e. The number of methoxy groups -OCH3 is 1. The van der Waals surface area contributed by atoms with Gasteiger partial charge in [-0.15, -0.1) is 0 Å². The number of hydrogen-bond donors (Lipinski definition) is 2. The molecule has 1 aromatic carbocycles. The van der Waals surface area contributed by atoms with Crippen LogP contribution in [-0.2, 0) is 30.3 Å². The molecule has 2 N–H and O–H groups in total. The van der Waals surface area contributed by atoms with Gasteiger partial charge in [-0.05, 0) is 19.1 Å². The summed E-state index contributed by atoms with van der Waals surface area (Å²) in [5.41, 5.74) is -7.05. The van der Waals surface area contributed by atoms with Crippen LogP contribution in [0.5, 0.6) is 0 Å². The Balaban J connectivity index is 2.53. The summed E-state index contributed by atoms with van der Waals surface area (Å²) >= 11 is 5.77. The van der Waals surface area contributed by atoms with E-state index in [9.17, 15) is 40.7 Å². The normalized spacial score (nSPS) is 27.1. The molecule has 3 unspecified atom stereocenters. The van der Waals surface area contributed by atoms with Crippen molar-refractivity contribution < 1.29 is 49.8 Å². The van der Waals surface area contributed by atoms with E-state index in [1.54, 1.807) is 0 Å². The molecule has 0 aromatic heterocycles. The average molecular weight is 532 g/mol. The lowest BCUT2D eigenvalue weighted by atomic mass is 9.56. The van der Waals surface area contributed by atoms with Crippen molar-refractivity contribution in [1.29, 1.82) is 0 Å². The van der Waals surface area contributed by atoms with Crippen molar-refractivity contribution in [1.82, 2.24) is 5.32 Å². The Morgan fingerprint density at radius 3 is 2.32 bits per heavy atom. The molecule has 0 aliphatic carbocycles. The van der Waals surface area contributed by atoms with E-state index in [4.69, 9.17) is 11.6 Å². The maximum absolute atomic E-state index is 15.2. The zero-order valence-corrected chi connectivity index (χ0v) is 19.2. The van der Waals surface area contributed by atoms with E-state index in [1.807, 2.05) is 0 Å². The molecular weight excluding hydrogens is 513 g/mol. The van der Waals surface area contributed by atoms with Crippen molar-refractivity contribution in [3.05, 3.63) is 45.4 Å². The molecule has 14 heteroatoms.